The van der Waals surface area contributed by atoms with E-state index in [0.29, 0.717) is 0 Å². The quantitative estimate of drug-likeness (QED) is 0.778. The number of hydrogen-bond donors (Lipinski definition) is 1. The van der Waals surface area contributed by atoms with Crippen LogP contribution in [-0.4, -0.2) is 19.9 Å². The molecular formula is C8H9N3OS. The standard InChI is InChI=1S/C8H9N3OS/c1-11-6(5-12)4-7(10-11)8-9-2-3-13-8/h2-4,12H,5H2,1H3. The van der Waals surface area contributed by atoms with E-state index in [1.54, 1.807) is 10.9 Å². The highest BCUT2D eigenvalue weighted by atomic mass is 32.1. The molecule has 2 aromatic heterocycles. The smallest absolute Gasteiger partial charge is 0.143 e. The normalized spacial score (nSPS) is 10.6. The van der Waals surface area contributed by atoms with Gasteiger partial charge in [-0.25, -0.2) is 4.98 Å². The van der Waals surface area contributed by atoms with Gasteiger partial charge in [0.2, 0.25) is 0 Å². The van der Waals surface area contributed by atoms with Gasteiger partial charge in [0.15, 0.2) is 0 Å². The lowest BCUT2D eigenvalue weighted by Crippen LogP contribution is -1.96. The van der Waals surface area contributed by atoms with Gasteiger partial charge in [-0.1, -0.05) is 0 Å². The Kier molecular flexibility index (Phi) is 2.12. The molecule has 5 heteroatoms. The minimum atomic E-state index is 0.00880. The van der Waals surface area contributed by atoms with Crippen LogP contribution < -0.4 is 0 Å². The molecule has 0 bridgehead atoms. The first-order chi connectivity index (χ1) is 6.31. The third kappa shape index (κ3) is 1.48. The van der Waals surface area contributed by atoms with E-state index in [1.165, 1.54) is 11.3 Å². The van der Waals surface area contributed by atoms with Crippen LogP contribution in [0, 0.1) is 0 Å². The molecule has 0 spiro atoms. The molecule has 0 amide bonds. The lowest BCUT2D eigenvalue weighted by atomic mass is 10.4. The van der Waals surface area contributed by atoms with Crippen molar-refractivity contribution in [3.05, 3.63) is 23.3 Å². The van der Waals surface area contributed by atoms with E-state index < -0.39 is 0 Å². The van der Waals surface area contributed by atoms with Crippen LogP contribution in [0.4, 0.5) is 0 Å². The van der Waals surface area contributed by atoms with Gasteiger partial charge in [-0.2, -0.15) is 5.10 Å². The maximum absolute atomic E-state index is 8.95. The number of thiazole rings is 1. The zero-order valence-corrected chi connectivity index (χ0v) is 7.95. The molecule has 1 N–H and O–H groups in total. The number of aromatic nitrogens is 3. The number of aliphatic hydroxyl groups excluding tert-OH is 1. The van der Waals surface area contributed by atoms with E-state index in [9.17, 15) is 0 Å². The lowest BCUT2D eigenvalue weighted by Gasteiger charge is -1.92. The molecule has 0 fully saturated rings. The predicted octanol–water partition coefficient (Wildman–Crippen LogP) is 1.04. The van der Waals surface area contributed by atoms with Crippen molar-refractivity contribution in [3.8, 4) is 10.7 Å². The average molecular weight is 195 g/mol. The van der Waals surface area contributed by atoms with Crippen molar-refractivity contribution >= 4 is 11.3 Å². The summed E-state index contributed by atoms with van der Waals surface area (Å²) in [7, 11) is 1.81. The van der Waals surface area contributed by atoms with Crippen molar-refractivity contribution in [2.45, 2.75) is 6.61 Å². The van der Waals surface area contributed by atoms with E-state index in [0.717, 1.165) is 16.4 Å². The Labute approximate surface area is 79.5 Å². The highest BCUT2D eigenvalue weighted by Gasteiger charge is 2.07. The van der Waals surface area contributed by atoms with E-state index in [1.807, 2.05) is 18.5 Å². The molecule has 0 aliphatic carbocycles. The van der Waals surface area contributed by atoms with Crippen LogP contribution in [0.2, 0.25) is 0 Å². The maximum Gasteiger partial charge on any atom is 0.143 e. The average Bonchev–Trinajstić information content (AvgIpc) is 2.71. The molecule has 0 radical (unpaired) electrons. The molecule has 4 nitrogen and oxygen atoms in total. The fourth-order valence-corrected chi connectivity index (χ4v) is 1.70. The number of rotatable bonds is 2. The minimum absolute atomic E-state index is 0.00880. The van der Waals surface area contributed by atoms with Crippen molar-refractivity contribution in [3.63, 3.8) is 0 Å². The van der Waals surface area contributed by atoms with E-state index in [2.05, 4.69) is 10.1 Å². The molecule has 2 rings (SSSR count). The Bertz CT molecular complexity index is 393. The van der Waals surface area contributed by atoms with Gasteiger partial charge >= 0.3 is 0 Å². The van der Waals surface area contributed by atoms with Gasteiger partial charge in [-0.15, -0.1) is 11.3 Å². The van der Waals surface area contributed by atoms with Crippen LogP contribution in [0.1, 0.15) is 5.69 Å². The maximum atomic E-state index is 8.95. The molecule has 0 unspecified atom stereocenters. The van der Waals surface area contributed by atoms with Crippen LogP contribution in [0.5, 0.6) is 0 Å². The van der Waals surface area contributed by atoms with Crippen LogP contribution in [-0.2, 0) is 13.7 Å². The van der Waals surface area contributed by atoms with Gasteiger partial charge < -0.3 is 5.11 Å². The fraction of sp³-hybridized carbons (Fsp3) is 0.250. The molecule has 13 heavy (non-hydrogen) atoms. The second-order valence-electron chi connectivity index (χ2n) is 2.64. The second kappa shape index (κ2) is 3.27. The number of nitrogens with zero attached hydrogens (tertiary/aromatic N) is 3. The van der Waals surface area contributed by atoms with Gasteiger partial charge in [0, 0.05) is 18.6 Å². The van der Waals surface area contributed by atoms with E-state index >= 15 is 0 Å². The molecule has 0 aliphatic heterocycles. The predicted molar refractivity (Wildman–Crippen MR) is 50.2 cm³/mol. The summed E-state index contributed by atoms with van der Waals surface area (Å²) in [5, 5.41) is 16.0. The Balaban J connectivity index is 2.43. The first-order valence-electron chi connectivity index (χ1n) is 3.85. The molecular weight excluding hydrogens is 186 g/mol. The summed E-state index contributed by atoms with van der Waals surface area (Å²) < 4.78 is 1.66. The summed E-state index contributed by atoms with van der Waals surface area (Å²) in [5.74, 6) is 0. The molecule has 0 saturated carbocycles. The Morgan fingerprint density at radius 3 is 3.00 bits per heavy atom. The highest BCUT2D eigenvalue weighted by Crippen LogP contribution is 2.20. The van der Waals surface area contributed by atoms with Crippen molar-refractivity contribution in [1.82, 2.24) is 14.8 Å². The molecule has 0 aliphatic rings. The molecule has 0 saturated heterocycles. The van der Waals surface area contributed by atoms with Gasteiger partial charge in [0.1, 0.15) is 10.7 Å². The Morgan fingerprint density at radius 2 is 2.46 bits per heavy atom. The Morgan fingerprint density at radius 1 is 1.62 bits per heavy atom. The second-order valence-corrected chi connectivity index (χ2v) is 3.53. The Hall–Kier alpha value is -1.20. The third-order valence-corrected chi connectivity index (χ3v) is 2.59. The summed E-state index contributed by atoms with van der Waals surface area (Å²) in [6.45, 7) is 0.00880. The summed E-state index contributed by atoms with van der Waals surface area (Å²) in [6, 6.07) is 1.85. The minimum Gasteiger partial charge on any atom is -0.390 e. The third-order valence-electron chi connectivity index (χ3n) is 1.79. The molecule has 0 atom stereocenters. The first-order valence-corrected chi connectivity index (χ1v) is 4.73. The van der Waals surface area contributed by atoms with Gasteiger partial charge in [-0.3, -0.25) is 4.68 Å². The molecule has 2 aromatic rings. The van der Waals surface area contributed by atoms with Crippen molar-refractivity contribution in [1.29, 1.82) is 0 Å². The zero-order chi connectivity index (χ0) is 9.26. The van der Waals surface area contributed by atoms with Gasteiger partial charge in [0.05, 0.1) is 12.3 Å². The van der Waals surface area contributed by atoms with E-state index in [-0.39, 0.29) is 6.61 Å². The molecule has 0 aromatic carbocycles. The van der Waals surface area contributed by atoms with Crippen LogP contribution in [0.15, 0.2) is 17.6 Å². The summed E-state index contributed by atoms with van der Waals surface area (Å²) >= 11 is 1.54. The molecule has 2 heterocycles. The highest BCUT2D eigenvalue weighted by molar-refractivity contribution is 7.13. The summed E-state index contributed by atoms with van der Waals surface area (Å²) in [4.78, 5) is 4.14. The number of aryl methyl sites for hydroxylation is 1. The van der Waals surface area contributed by atoms with Gasteiger partial charge in [0.25, 0.3) is 0 Å². The topological polar surface area (TPSA) is 50.9 Å². The van der Waals surface area contributed by atoms with E-state index in [4.69, 9.17) is 5.11 Å². The summed E-state index contributed by atoms with van der Waals surface area (Å²) in [5.41, 5.74) is 1.62. The van der Waals surface area contributed by atoms with Crippen molar-refractivity contribution in [2.24, 2.45) is 7.05 Å². The fourth-order valence-electron chi connectivity index (χ4n) is 1.11. The lowest BCUT2D eigenvalue weighted by molar-refractivity contribution is 0.270. The largest absolute Gasteiger partial charge is 0.390 e. The zero-order valence-electron chi connectivity index (χ0n) is 7.14. The van der Waals surface area contributed by atoms with Crippen LogP contribution >= 0.6 is 11.3 Å². The number of aliphatic hydroxyl groups is 1. The SMILES string of the molecule is Cn1nc(-c2nccs2)cc1CO. The monoisotopic (exact) mass is 195 g/mol. The molecule has 68 valence electrons. The van der Waals surface area contributed by atoms with Crippen molar-refractivity contribution in [2.75, 3.05) is 0 Å². The van der Waals surface area contributed by atoms with Crippen molar-refractivity contribution < 1.29 is 5.11 Å². The van der Waals surface area contributed by atoms with Crippen LogP contribution in [0.25, 0.3) is 10.7 Å². The first kappa shape index (κ1) is 8.40. The van der Waals surface area contributed by atoms with Gasteiger partial charge in [-0.05, 0) is 6.07 Å². The van der Waals surface area contributed by atoms with Crippen LogP contribution in [0.3, 0.4) is 0 Å². The number of hydrogen-bond acceptors (Lipinski definition) is 4. The summed E-state index contributed by atoms with van der Waals surface area (Å²) in [6.07, 6.45) is 1.74.